The second-order valence-electron chi connectivity index (χ2n) is 6.28. The minimum Gasteiger partial charge on any atom is -0.493 e. The van der Waals surface area contributed by atoms with Gasteiger partial charge in [-0.05, 0) is 38.9 Å². The maximum atomic E-state index is 6.71. The topological polar surface area (TPSA) is 21.7 Å². The number of methoxy groups -OCH3 is 2. The summed E-state index contributed by atoms with van der Waals surface area (Å²) in [6.07, 6.45) is 4.60. The number of fused-ring (bicyclic) bond motifs is 1. The molecule has 1 saturated heterocycles. The molecule has 4 heteroatoms. The van der Waals surface area contributed by atoms with Gasteiger partial charge in [0.1, 0.15) is 0 Å². The predicted molar refractivity (Wildman–Crippen MR) is 85.8 cm³/mol. The van der Waals surface area contributed by atoms with E-state index in [0.29, 0.717) is 6.04 Å². The Morgan fingerprint density at radius 3 is 2.76 bits per heavy atom. The zero-order valence-electron chi connectivity index (χ0n) is 13.1. The smallest absolute Gasteiger partial charge is 0.164 e. The molecule has 1 saturated carbocycles. The van der Waals surface area contributed by atoms with E-state index in [9.17, 15) is 0 Å². The van der Waals surface area contributed by atoms with Crippen molar-refractivity contribution in [3.8, 4) is 11.5 Å². The van der Waals surface area contributed by atoms with Crippen LogP contribution in [0.25, 0.3) is 0 Å². The van der Waals surface area contributed by atoms with Crippen LogP contribution in [-0.2, 0) is 5.41 Å². The average molecular weight is 310 g/mol. The quantitative estimate of drug-likeness (QED) is 0.798. The van der Waals surface area contributed by atoms with Crippen LogP contribution in [0, 0.1) is 0 Å². The van der Waals surface area contributed by atoms with Gasteiger partial charge in [-0.1, -0.05) is 18.6 Å². The summed E-state index contributed by atoms with van der Waals surface area (Å²) >= 11 is 6.71. The predicted octanol–water partition coefficient (Wildman–Crippen LogP) is 3.44. The Bertz CT molecular complexity index is 518. The van der Waals surface area contributed by atoms with Crippen molar-refractivity contribution < 1.29 is 9.47 Å². The molecule has 1 aromatic carbocycles. The summed E-state index contributed by atoms with van der Waals surface area (Å²) in [4.78, 5) is 2.43. The highest BCUT2D eigenvalue weighted by Crippen LogP contribution is 2.53. The zero-order chi connectivity index (χ0) is 15.0. The lowest BCUT2D eigenvalue weighted by molar-refractivity contribution is 0.182. The largest absolute Gasteiger partial charge is 0.493 e. The normalized spacial score (nSPS) is 32.8. The van der Waals surface area contributed by atoms with Crippen LogP contribution in [-0.4, -0.2) is 44.1 Å². The minimum atomic E-state index is 0.0965. The first-order valence-corrected chi connectivity index (χ1v) is 8.13. The van der Waals surface area contributed by atoms with Gasteiger partial charge in [0.15, 0.2) is 11.5 Å². The molecule has 3 atom stereocenters. The van der Waals surface area contributed by atoms with Crippen LogP contribution in [0.5, 0.6) is 11.5 Å². The number of hydrogen-bond acceptors (Lipinski definition) is 3. The van der Waals surface area contributed by atoms with Gasteiger partial charge < -0.3 is 14.4 Å². The van der Waals surface area contributed by atoms with E-state index in [1.807, 2.05) is 6.07 Å². The summed E-state index contributed by atoms with van der Waals surface area (Å²) in [6.45, 7) is 1.09. The molecule has 116 valence electrons. The van der Waals surface area contributed by atoms with Crippen molar-refractivity contribution in [2.75, 3.05) is 27.8 Å². The highest BCUT2D eigenvalue weighted by atomic mass is 35.5. The van der Waals surface area contributed by atoms with Crippen LogP contribution >= 0.6 is 11.6 Å². The first-order valence-electron chi connectivity index (χ1n) is 7.70. The van der Waals surface area contributed by atoms with E-state index >= 15 is 0 Å². The number of para-hydroxylation sites is 1. The Labute approximate surface area is 132 Å². The lowest BCUT2D eigenvalue weighted by atomic mass is 9.65. The molecule has 2 aliphatic rings. The summed E-state index contributed by atoms with van der Waals surface area (Å²) in [6, 6.07) is 6.61. The number of rotatable bonds is 3. The van der Waals surface area contributed by atoms with Crippen molar-refractivity contribution in [2.45, 2.75) is 42.5 Å². The van der Waals surface area contributed by atoms with Gasteiger partial charge >= 0.3 is 0 Å². The Kier molecular flexibility index (Phi) is 4.06. The molecule has 0 aromatic heterocycles. The number of halogens is 1. The number of ether oxygens (including phenoxy) is 2. The van der Waals surface area contributed by atoms with Gasteiger partial charge in [0.2, 0.25) is 0 Å². The van der Waals surface area contributed by atoms with Gasteiger partial charge in [-0.3, -0.25) is 0 Å². The fourth-order valence-electron chi connectivity index (χ4n) is 4.46. The van der Waals surface area contributed by atoms with Gasteiger partial charge in [-0.2, -0.15) is 0 Å². The third-order valence-corrected chi connectivity index (χ3v) is 5.79. The molecule has 1 aliphatic carbocycles. The maximum Gasteiger partial charge on any atom is 0.164 e. The molecule has 0 amide bonds. The van der Waals surface area contributed by atoms with E-state index in [0.717, 1.165) is 30.9 Å². The van der Waals surface area contributed by atoms with Crippen LogP contribution in [0.3, 0.4) is 0 Å². The fraction of sp³-hybridized carbons (Fsp3) is 0.647. The van der Waals surface area contributed by atoms with Gasteiger partial charge in [-0.25, -0.2) is 0 Å². The number of hydrogen-bond donors (Lipinski definition) is 0. The molecule has 3 unspecified atom stereocenters. The number of likely N-dealkylation sites (tertiary alicyclic amines) is 1. The standard InChI is InChI=1S/C17H24ClNO2/c1-19-11-10-17(9-5-7-13(18)16(17)19)12-6-4-8-14(20-2)15(12)21-3/h4,6,8,13,16H,5,7,9-11H2,1-3H3. The van der Waals surface area contributed by atoms with E-state index in [2.05, 4.69) is 24.1 Å². The van der Waals surface area contributed by atoms with Crippen molar-refractivity contribution in [1.29, 1.82) is 0 Å². The first-order chi connectivity index (χ1) is 10.1. The molecule has 0 bridgehead atoms. The van der Waals surface area contributed by atoms with Crippen LogP contribution < -0.4 is 9.47 Å². The Balaban J connectivity index is 2.13. The van der Waals surface area contributed by atoms with E-state index in [1.165, 1.54) is 18.4 Å². The summed E-state index contributed by atoms with van der Waals surface area (Å²) in [5.74, 6) is 1.69. The monoisotopic (exact) mass is 309 g/mol. The number of likely N-dealkylation sites (N-methyl/N-ethyl adjacent to an activating group) is 1. The molecular weight excluding hydrogens is 286 g/mol. The second kappa shape index (κ2) is 5.69. The zero-order valence-corrected chi connectivity index (χ0v) is 13.8. The van der Waals surface area contributed by atoms with Crippen molar-refractivity contribution in [2.24, 2.45) is 0 Å². The summed E-state index contributed by atoms with van der Waals surface area (Å²) in [7, 11) is 5.62. The van der Waals surface area contributed by atoms with Crippen LogP contribution in [0.4, 0.5) is 0 Å². The molecule has 1 aliphatic heterocycles. The molecule has 3 rings (SSSR count). The van der Waals surface area contributed by atoms with Gasteiger partial charge in [0, 0.05) is 22.4 Å². The Morgan fingerprint density at radius 1 is 1.24 bits per heavy atom. The van der Waals surface area contributed by atoms with E-state index in [4.69, 9.17) is 21.1 Å². The van der Waals surface area contributed by atoms with Crippen molar-refractivity contribution in [3.63, 3.8) is 0 Å². The Hall–Kier alpha value is -0.930. The fourth-order valence-corrected chi connectivity index (χ4v) is 5.05. The highest BCUT2D eigenvalue weighted by Gasteiger charge is 2.53. The first kappa shape index (κ1) is 15.0. The lowest BCUT2D eigenvalue weighted by Crippen LogP contribution is -2.50. The summed E-state index contributed by atoms with van der Waals surface area (Å²) in [5, 5.41) is 0.210. The second-order valence-corrected chi connectivity index (χ2v) is 6.84. The summed E-state index contributed by atoms with van der Waals surface area (Å²) in [5.41, 5.74) is 1.36. The van der Waals surface area contributed by atoms with Crippen molar-refractivity contribution in [1.82, 2.24) is 4.90 Å². The van der Waals surface area contributed by atoms with Gasteiger partial charge in [0.25, 0.3) is 0 Å². The number of nitrogens with zero attached hydrogens (tertiary/aromatic N) is 1. The van der Waals surface area contributed by atoms with Gasteiger partial charge in [0.05, 0.1) is 14.2 Å². The minimum absolute atomic E-state index is 0.0965. The molecule has 0 N–H and O–H groups in total. The molecule has 21 heavy (non-hydrogen) atoms. The number of alkyl halides is 1. The summed E-state index contributed by atoms with van der Waals surface area (Å²) < 4.78 is 11.2. The van der Waals surface area contributed by atoms with E-state index < -0.39 is 0 Å². The molecule has 0 radical (unpaired) electrons. The highest BCUT2D eigenvalue weighted by molar-refractivity contribution is 6.21. The molecule has 2 fully saturated rings. The molecule has 1 aromatic rings. The van der Waals surface area contributed by atoms with Crippen molar-refractivity contribution >= 4 is 11.6 Å². The Morgan fingerprint density at radius 2 is 2.05 bits per heavy atom. The third-order valence-electron chi connectivity index (χ3n) is 5.34. The molecule has 0 spiro atoms. The lowest BCUT2D eigenvalue weighted by Gasteiger charge is -2.44. The maximum absolute atomic E-state index is 6.71. The van der Waals surface area contributed by atoms with Crippen molar-refractivity contribution in [3.05, 3.63) is 23.8 Å². The molecule has 1 heterocycles. The van der Waals surface area contributed by atoms with Crippen LogP contribution in [0.2, 0.25) is 0 Å². The molecule has 3 nitrogen and oxygen atoms in total. The number of benzene rings is 1. The van der Waals surface area contributed by atoms with Crippen LogP contribution in [0.15, 0.2) is 18.2 Å². The SMILES string of the molecule is COc1cccc(C23CCCC(Cl)C2N(C)CC3)c1OC. The van der Waals surface area contributed by atoms with E-state index in [-0.39, 0.29) is 10.8 Å². The third kappa shape index (κ3) is 2.22. The van der Waals surface area contributed by atoms with E-state index in [1.54, 1.807) is 14.2 Å². The van der Waals surface area contributed by atoms with Gasteiger partial charge in [-0.15, -0.1) is 11.6 Å². The van der Waals surface area contributed by atoms with Crippen LogP contribution in [0.1, 0.15) is 31.2 Å². The molecular formula is C17H24ClNO2. The average Bonchev–Trinajstić information content (AvgIpc) is 2.86.